The number of rotatable bonds is 3. The van der Waals surface area contributed by atoms with Crippen LogP contribution < -0.4 is 5.73 Å². The van der Waals surface area contributed by atoms with Gasteiger partial charge in [0.05, 0.1) is 10.0 Å². The Morgan fingerprint density at radius 1 is 1.20 bits per heavy atom. The molecule has 0 aromatic heterocycles. The van der Waals surface area contributed by atoms with Crippen LogP contribution in [0.25, 0.3) is 0 Å². The molecule has 20 heavy (non-hydrogen) atoms. The van der Waals surface area contributed by atoms with E-state index in [1.54, 1.807) is 0 Å². The minimum Gasteiger partial charge on any atom is -0.322 e. The number of halogens is 2. The molecule has 1 unspecified atom stereocenters. The average Bonchev–Trinajstić information content (AvgIpc) is 2.42. The minimum absolute atomic E-state index is 0.0175. The molecule has 1 aliphatic carbocycles. The minimum atomic E-state index is -0.0419. The zero-order valence-corrected chi connectivity index (χ0v) is 14.0. The Labute approximate surface area is 132 Å². The molecular weight excluding hydrogens is 291 g/mol. The summed E-state index contributed by atoms with van der Waals surface area (Å²) < 4.78 is 0. The van der Waals surface area contributed by atoms with Crippen molar-refractivity contribution in [2.75, 3.05) is 14.1 Å². The van der Waals surface area contributed by atoms with Gasteiger partial charge < -0.3 is 10.6 Å². The first-order valence-corrected chi connectivity index (χ1v) is 8.00. The number of benzene rings is 1. The highest BCUT2D eigenvalue weighted by Crippen LogP contribution is 2.43. The number of likely N-dealkylation sites (N-methyl/N-ethyl adjacent to an activating group) is 1. The molecule has 0 radical (unpaired) electrons. The van der Waals surface area contributed by atoms with E-state index in [0.29, 0.717) is 10.0 Å². The molecular formula is C16H24Cl2N2. The van der Waals surface area contributed by atoms with Crippen LogP contribution >= 0.6 is 23.2 Å². The molecule has 0 amide bonds. The Bertz CT molecular complexity index is 466. The standard InChI is InChI=1S/C16H24Cl2N2/c1-11-6-8-16(9-7-11,20(2)3)15(19)12-4-5-13(17)14(18)10-12/h4-5,10-11,15H,6-9,19H2,1-3H3. The molecule has 112 valence electrons. The molecule has 1 aromatic rings. The van der Waals surface area contributed by atoms with Gasteiger partial charge in [0.25, 0.3) is 0 Å². The van der Waals surface area contributed by atoms with Crippen LogP contribution in [0.5, 0.6) is 0 Å². The summed E-state index contributed by atoms with van der Waals surface area (Å²) in [5.41, 5.74) is 7.72. The molecule has 0 aliphatic heterocycles. The van der Waals surface area contributed by atoms with Gasteiger partial charge in [0.15, 0.2) is 0 Å². The number of hydrogen-bond donors (Lipinski definition) is 1. The van der Waals surface area contributed by atoms with Crippen LogP contribution in [0.15, 0.2) is 18.2 Å². The van der Waals surface area contributed by atoms with E-state index in [-0.39, 0.29) is 11.6 Å². The van der Waals surface area contributed by atoms with Crippen molar-refractivity contribution in [3.05, 3.63) is 33.8 Å². The number of nitrogens with zero attached hydrogens (tertiary/aromatic N) is 1. The van der Waals surface area contributed by atoms with Gasteiger partial charge >= 0.3 is 0 Å². The molecule has 0 saturated heterocycles. The zero-order valence-electron chi connectivity index (χ0n) is 12.5. The van der Waals surface area contributed by atoms with Gasteiger partial charge in [-0.25, -0.2) is 0 Å². The highest BCUT2D eigenvalue weighted by atomic mass is 35.5. The van der Waals surface area contributed by atoms with E-state index in [9.17, 15) is 0 Å². The van der Waals surface area contributed by atoms with Crippen LogP contribution in [0.1, 0.15) is 44.2 Å². The Morgan fingerprint density at radius 2 is 1.80 bits per heavy atom. The van der Waals surface area contributed by atoms with Gasteiger partial charge in [-0.15, -0.1) is 0 Å². The summed E-state index contributed by atoms with van der Waals surface area (Å²) in [6, 6.07) is 5.72. The lowest BCUT2D eigenvalue weighted by atomic mass is 9.70. The lowest BCUT2D eigenvalue weighted by Gasteiger charge is -2.48. The van der Waals surface area contributed by atoms with E-state index in [4.69, 9.17) is 28.9 Å². The molecule has 1 fully saturated rings. The predicted octanol–water partition coefficient (Wildman–Crippen LogP) is 4.50. The van der Waals surface area contributed by atoms with Crippen molar-refractivity contribution in [1.29, 1.82) is 0 Å². The Hall–Kier alpha value is -0.280. The van der Waals surface area contributed by atoms with Crippen LogP contribution in [0.4, 0.5) is 0 Å². The van der Waals surface area contributed by atoms with E-state index < -0.39 is 0 Å². The molecule has 2 rings (SSSR count). The van der Waals surface area contributed by atoms with Gasteiger partial charge in [0.2, 0.25) is 0 Å². The summed E-state index contributed by atoms with van der Waals surface area (Å²) in [5.74, 6) is 0.795. The second-order valence-electron chi connectivity index (χ2n) is 6.33. The monoisotopic (exact) mass is 314 g/mol. The maximum absolute atomic E-state index is 6.63. The van der Waals surface area contributed by atoms with Gasteiger partial charge in [-0.05, 0) is 63.4 Å². The summed E-state index contributed by atoms with van der Waals surface area (Å²) in [7, 11) is 4.26. The van der Waals surface area contributed by atoms with Gasteiger partial charge in [0.1, 0.15) is 0 Å². The fourth-order valence-corrected chi connectivity index (χ4v) is 3.62. The van der Waals surface area contributed by atoms with Crippen molar-refractivity contribution >= 4 is 23.2 Å². The van der Waals surface area contributed by atoms with E-state index in [1.165, 1.54) is 12.8 Å². The fourth-order valence-electron chi connectivity index (χ4n) is 3.31. The summed E-state index contributed by atoms with van der Waals surface area (Å²) >= 11 is 12.1. The lowest BCUT2D eigenvalue weighted by molar-refractivity contribution is 0.0564. The van der Waals surface area contributed by atoms with Crippen LogP contribution in [0.2, 0.25) is 10.0 Å². The fraction of sp³-hybridized carbons (Fsp3) is 0.625. The Morgan fingerprint density at radius 3 is 2.30 bits per heavy atom. The van der Waals surface area contributed by atoms with E-state index in [2.05, 4.69) is 25.9 Å². The molecule has 1 aliphatic rings. The van der Waals surface area contributed by atoms with Crippen molar-refractivity contribution < 1.29 is 0 Å². The van der Waals surface area contributed by atoms with Crippen molar-refractivity contribution in [3.8, 4) is 0 Å². The third kappa shape index (κ3) is 2.99. The van der Waals surface area contributed by atoms with Crippen molar-refractivity contribution in [3.63, 3.8) is 0 Å². The molecule has 4 heteroatoms. The predicted molar refractivity (Wildman–Crippen MR) is 87.4 cm³/mol. The summed E-state index contributed by atoms with van der Waals surface area (Å²) in [6.45, 7) is 2.32. The SMILES string of the molecule is CC1CCC(C(N)c2ccc(Cl)c(Cl)c2)(N(C)C)CC1. The quantitative estimate of drug-likeness (QED) is 0.889. The van der Waals surface area contributed by atoms with Crippen molar-refractivity contribution in [2.45, 2.75) is 44.2 Å². The molecule has 0 bridgehead atoms. The van der Waals surface area contributed by atoms with Crippen LogP contribution in [0.3, 0.4) is 0 Å². The molecule has 1 atom stereocenters. The summed E-state index contributed by atoms with van der Waals surface area (Å²) in [5, 5.41) is 1.16. The third-order valence-electron chi connectivity index (χ3n) is 4.91. The molecule has 0 spiro atoms. The second kappa shape index (κ2) is 6.23. The van der Waals surface area contributed by atoms with E-state index in [0.717, 1.165) is 24.3 Å². The normalized spacial score (nSPS) is 28.6. The lowest BCUT2D eigenvalue weighted by Crippen LogP contribution is -2.54. The van der Waals surface area contributed by atoms with Crippen molar-refractivity contribution in [1.82, 2.24) is 4.90 Å². The highest BCUT2D eigenvalue weighted by Gasteiger charge is 2.42. The molecule has 2 nitrogen and oxygen atoms in total. The first-order chi connectivity index (χ1) is 9.36. The van der Waals surface area contributed by atoms with E-state index >= 15 is 0 Å². The first kappa shape index (κ1) is 16.1. The number of hydrogen-bond acceptors (Lipinski definition) is 2. The van der Waals surface area contributed by atoms with E-state index in [1.807, 2.05) is 18.2 Å². The molecule has 0 heterocycles. The maximum Gasteiger partial charge on any atom is 0.0595 e. The Kier molecular flexibility index (Phi) is 5.01. The first-order valence-electron chi connectivity index (χ1n) is 7.25. The topological polar surface area (TPSA) is 29.3 Å². The van der Waals surface area contributed by atoms with Gasteiger partial charge in [-0.2, -0.15) is 0 Å². The number of nitrogens with two attached hydrogens (primary N) is 1. The average molecular weight is 315 g/mol. The molecule has 1 aromatic carbocycles. The summed E-state index contributed by atoms with van der Waals surface area (Å²) in [6.07, 6.45) is 4.71. The van der Waals surface area contributed by atoms with Crippen LogP contribution in [-0.2, 0) is 0 Å². The second-order valence-corrected chi connectivity index (χ2v) is 7.15. The molecule has 1 saturated carbocycles. The van der Waals surface area contributed by atoms with Gasteiger partial charge in [-0.1, -0.05) is 36.2 Å². The van der Waals surface area contributed by atoms with Gasteiger partial charge in [0, 0.05) is 11.6 Å². The van der Waals surface area contributed by atoms with Gasteiger partial charge in [-0.3, -0.25) is 0 Å². The molecule has 2 N–H and O–H groups in total. The third-order valence-corrected chi connectivity index (χ3v) is 5.65. The largest absolute Gasteiger partial charge is 0.322 e. The van der Waals surface area contributed by atoms with Crippen LogP contribution in [-0.4, -0.2) is 24.5 Å². The Balaban J connectivity index is 2.31. The highest BCUT2D eigenvalue weighted by molar-refractivity contribution is 6.42. The zero-order chi connectivity index (χ0) is 14.9. The van der Waals surface area contributed by atoms with Crippen molar-refractivity contribution in [2.24, 2.45) is 11.7 Å². The smallest absolute Gasteiger partial charge is 0.0595 e. The summed E-state index contributed by atoms with van der Waals surface area (Å²) in [4.78, 5) is 2.30. The maximum atomic E-state index is 6.63. The van der Waals surface area contributed by atoms with Crippen LogP contribution in [0, 0.1) is 5.92 Å².